The van der Waals surface area contributed by atoms with Gasteiger partial charge in [-0.25, -0.2) is 0 Å². The SMILES string of the molecule is Cc1cccc(N2C(=O)CSC2c2cccc(NC(=O)C3CCCC3)c2)c1. The Balaban J connectivity index is 1.57. The molecule has 4 rings (SSSR count). The summed E-state index contributed by atoms with van der Waals surface area (Å²) in [6.45, 7) is 2.03. The number of hydrogen-bond donors (Lipinski definition) is 1. The van der Waals surface area contributed by atoms with Crippen LogP contribution in [0.2, 0.25) is 0 Å². The number of benzene rings is 2. The van der Waals surface area contributed by atoms with Crippen molar-refractivity contribution in [1.82, 2.24) is 0 Å². The molecule has 27 heavy (non-hydrogen) atoms. The van der Waals surface area contributed by atoms with E-state index in [9.17, 15) is 9.59 Å². The number of carbonyl (C=O) groups is 2. The van der Waals surface area contributed by atoms with Crippen LogP contribution >= 0.6 is 11.8 Å². The largest absolute Gasteiger partial charge is 0.326 e. The van der Waals surface area contributed by atoms with Gasteiger partial charge in [0.1, 0.15) is 5.37 Å². The number of anilines is 2. The van der Waals surface area contributed by atoms with Crippen LogP contribution in [0.5, 0.6) is 0 Å². The molecule has 2 aromatic carbocycles. The summed E-state index contributed by atoms with van der Waals surface area (Å²) in [5, 5.41) is 3.00. The smallest absolute Gasteiger partial charge is 0.238 e. The summed E-state index contributed by atoms with van der Waals surface area (Å²) in [6, 6.07) is 16.0. The quantitative estimate of drug-likeness (QED) is 0.820. The van der Waals surface area contributed by atoms with E-state index in [1.165, 1.54) is 0 Å². The topological polar surface area (TPSA) is 49.4 Å². The van der Waals surface area contributed by atoms with Crippen molar-refractivity contribution in [2.75, 3.05) is 16.0 Å². The predicted molar refractivity (Wildman–Crippen MR) is 111 cm³/mol. The van der Waals surface area contributed by atoms with Gasteiger partial charge in [-0.1, -0.05) is 37.1 Å². The van der Waals surface area contributed by atoms with Crippen LogP contribution in [0, 0.1) is 12.8 Å². The van der Waals surface area contributed by atoms with E-state index in [1.54, 1.807) is 11.8 Å². The number of aryl methyl sites for hydroxylation is 1. The number of nitrogens with zero attached hydrogens (tertiary/aromatic N) is 1. The second-order valence-corrected chi connectivity index (χ2v) is 8.43. The van der Waals surface area contributed by atoms with Crippen molar-refractivity contribution in [3.8, 4) is 0 Å². The summed E-state index contributed by atoms with van der Waals surface area (Å²) < 4.78 is 0. The average Bonchev–Trinajstić information content (AvgIpc) is 3.32. The lowest BCUT2D eigenvalue weighted by Gasteiger charge is -2.25. The van der Waals surface area contributed by atoms with E-state index in [-0.39, 0.29) is 23.1 Å². The van der Waals surface area contributed by atoms with Gasteiger partial charge < -0.3 is 5.32 Å². The zero-order chi connectivity index (χ0) is 18.8. The van der Waals surface area contributed by atoms with Crippen LogP contribution in [0.4, 0.5) is 11.4 Å². The summed E-state index contributed by atoms with van der Waals surface area (Å²) in [7, 11) is 0. The van der Waals surface area contributed by atoms with Crippen LogP contribution in [0.15, 0.2) is 48.5 Å². The molecule has 1 unspecified atom stereocenters. The number of hydrogen-bond acceptors (Lipinski definition) is 3. The van der Waals surface area contributed by atoms with Gasteiger partial charge in [0.25, 0.3) is 0 Å². The number of carbonyl (C=O) groups excluding carboxylic acids is 2. The fourth-order valence-electron chi connectivity index (χ4n) is 3.93. The molecule has 1 heterocycles. The number of rotatable bonds is 4. The molecular weight excluding hydrogens is 356 g/mol. The lowest BCUT2D eigenvalue weighted by Crippen LogP contribution is -2.28. The van der Waals surface area contributed by atoms with Gasteiger partial charge in [0.2, 0.25) is 11.8 Å². The summed E-state index contributed by atoms with van der Waals surface area (Å²) in [6.07, 6.45) is 4.26. The standard InChI is InChI=1S/C22H24N2O2S/c1-15-6-4-11-19(12-15)24-20(25)14-27-22(24)17-9-5-10-18(13-17)23-21(26)16-7-2-3-8-16/h4-6,9-13,16,22H,2-3,7-8,14H2,1H3,(H,23,26). The van der Waals surface area contributed by atoms with Crippen LogP contribution in [-0.4, -0.2) is 17.6 Å². The van der Waals surface area contributed by atoms with E-state index in [0.717, 1.165) is 48.2 Å². The number of nitrogens with one attached hydrogen (secondary N) is 1. The monoisotopic (exact) mass is 380 g/mol. The molecule has 2 aromatic rings. The number of amides is 2. The van der Waals surface area contributed by atoms with Gasteiger partial charge in [0.15, 0.2) is 0 Å². The summed E-state index contributed by atoms with van der Waals surface area (Å²) in [5.41, 5.74) is 3.91. The molecule has 4 nitrogen and oxygen atoms in total. The van der Waals surface area contributed by atoms with Gasteiger partial charge >= 0.3 is 0 Å². The van der Waals surface area contributed by atoms with Crippen LogP contribution in [0.1, 0.15) is 42.2 Å². The maximum atomic E-state index is 12.5. The second kappa shape index (κ2) is 7.77. The predicted octanol–water partition coefficient (Wildman–Crippen LogP) is 4.90. The molecule has 140 valence electrons. The van der Waals surface area contributed by atoms with E-state index < -0.39 is 0 Å². The van der Waals surface area contributed by atoms with E-state index in [4.69, 9.17) is 0 Å². The van der Waals surface area contributed by atoms with Crippen molar-refractivity contribution in [1.29, 1.82) is 0 Å². The van der Waals surface area contributed by atoms with E-state index in [1.807, 2.05) is 60.4 Å². The van der Waals surface area contributed by atoms with Gasteiger partial charge in [0, 0.05) is 17.3 Å². The first kappa shape index (κ1) is 18.1. The van der Waals surface area contributed by atoms with Gasteiger partial charge in [0.05, 0.1) is 5.75 Å². The molecule has 1 atom stereocenters. The summed E-state index contributed by atoms with van der Waals surface area (Å²) >= 11 is 1.63. The molecule has 2 amide bonds. The second-order valence-electron chi connectivity index (χ2n) is 7.36. The Morgan fingerprint density at radius 3 is 2.67 bits per heavy atom. The Bertz CT molecular complexity index is 861. The van der Waals surface area contributed by atoms with E-state index in [2.05, 4.69) is 5.32 Å². The average molecular weight is 381 g/mol. The number of thioether (sulfide) groups is 1. The van der Waals surface area contributed by atoms with Crippen LogP contribution in [-0.2, 0) is 9.59 Å². The molecule has 2 aliphatic rings. The molecule has 0 radical (unpaired) electrons. The molecular formula is C22H24N2O2S. The highest BCUT2D eigenvalue weighted by Gasteiger charge is 2.34. The minimum absolute atomic E-state index is 0.0670. The van der Waals surface area contributed by atoms with Gasteiger partial charge in [-0.15, -0.1) is 11.8 Å². The fraction of sp³-hybridized carbons (Fsp3) is 0.364. The molecule has 1 aliphatic carbocycles. The maximum Gasteiger partial charge on any atom is 0.238 e. The van der Waals surface area contributed by atoms with E-state index in [0.29, 0.717) is 5.75 Å². The van der Waals surface area contributed by atoms with Crippen molar-refractivity contribution >= 4 is 35.0 Å². The molecule has 1 saturated carbocycles. The first-order valence-corrected chi connectivity index (χ1v) is 10.6. The van der Waals surface area contributed by atoms with Gasteiger partial charge in [-0.2, -0.15) is 0 Å². The van der Waals surface area contributed by atoms with E-state index >= 15 is 0 Å². The van der Waals surface area contributed by atoms with Crippen LogP contribution in [0.25, 0.3) is 0 Å². The molecule has 0 bridgehead atoms. The summed E-state index contributed by atoms with van der Waals surface area (Å²) in [4.78, 5) is 26.9. The molecule has 5 heteroatoms. The fourth-order valence-corrected chi connectivity index (χ4v) is 5.10. The third-order valence-corrected chi connectivity index (χ3v) is 6.53. The molecule has 1 saturated heterocycles. The third kappa shape index (κ3) is 3.88. The van der Waals surface area contributed by atoms with Crippen LogP contribution in [0.3, 0.4) is 0 Å². The molecule has 0 aromatic heterocycles. The lowest BCUT2D eigenvalue weighted by atomic mass is 10.1. The normalized spacial score (nSPS) is 20.3. The van der Waals surface area contributed by atoms with Crippen molar-refractivity contribution in [3.63, 3.8) is 0 Å². The Kier molecular flexibility index (Phi) is 5.21. The highest BCUT2D eigenvalue weighted by atomic mass is 32.2. The Morgan fingerprint density at radius 2 is 1.89 bits per heavy atom. The Hall–Kier alpha value is -2.27. The minimum atomic E-state index is -0.0670. The summed E-state index contributed by atoms with van der Waals surface area (Å²) in [5.74, 6) is 0.850. The zero-order valence-electron chi connectivity index (χ0n) is 15.5. The molecule has 1 aliphatic heterocycles. The lowest BCUT2D eigenvalue weighted by molar-refractivity contribution is -0.119. The Labute approximate surface area is 164 Å². The minimum Gasteiger partial charge on any atom is -0.326 e. The maximum absolute atomic E-state index is 12.5. The zero-order valence-corrected chi connectivity index (χ0v) is 16.3. The van der Waals surface area contributed by atoms with Crippen molar-refractivity contribution < 1.29 is 9.59 Å². The highest BCUT2D eigenvalue weighted by molar-refractivity contribution is 8.00. The van der Waals surface area contributed by atoms with Crippen molar-refractivity contribution in [3.05, 3.63) is 59.7 Å². The molecule has 0 spiro atoms. The molecule has 1 N–H and O–H groups in total. The third-order valence-electron chi connectivity index (χ3n) is 5.31. The molecule has 2 fully saturated rings. The highest BCUT2D eigenvalue weighted by Crippen LogP contribution is 2.42. The van der Waals surface area contributed by atoms with Crippen molar-refractivity contribution in [2.24, 2.45) is 5.92 Å². The Morgan fingerprint density at radius 1 is 1.11 bits per heavy atom. The van der Waals surface area contributed by atoms with Crippen LogP contribution < -0.4 is 10.2 Å². The van der Waals surface area contributed by atoms with Crippen molar-refractivity contribution in [2.45, 2.75) is 38.0 Å². The first-order chi connectivity index (χ1) is 13.1. The van der Waals surface area contributed by atoms with Gasteiger partial charge in [-0.05, 0) is 55.2 Å². The van der Waals surface area contributed by atoms with Gasteiger partial charge in [-0.3, -0.25) is 14.5 Å². The first-order valence-electron chi connectivity index (χ1n) is 9.53.